The molecule has 3 aliphatic rings. The average Bonchev–Trinajstić information content (AvgIpc) is 2.70. The van der Waals surface area contributed by atoms with E-state index in [1.807, 2.05) is 18.2 Å². The van der Waals surface area contributed by atoms with Crippen LogP contribution in [0.3, 0.4) is 0 Å². The fourth-order valence-corrected chi connectivity index (χ4v) is 5.22. The molecular weight excluding hydrogens is 388 g/mol. The lowest BCUT2D eigenvalue weighted by Gasteiger charge is -2.39. The molecule has 1 unspecified atom stereocenters. The Morgan fingerprint density at radius 3 is 2.41 bits per heavy atom. The monoisotopic (exact) mass is 418 g/mol. The third-order valence-electron chi connectivity index (χ3n) is 6.73. The van der Waals surface area contributed by atoms with Gasteiger partial charge >= 0.3 is 0 Å². The van der Waals surface area contributed by atoms with Gasteiger partial charge in [0, 0.05) is 45.2 Å². The average molecular weight is 419 g/mol. The van der Waals surface area contributed by atoms with Crippen LogP contribution in [0.15, 0.2) is 18.2 Å². The minimum atomic E-state index is -0.292. The first-order valence-electron chi connectivity index (χ1n) is 10.9. The Morgan fingerprint density at radius 2 is 1.76 bits per heavy atom. The number of nitrogens with zero attached hydrogens (tertiary/aromatic N) is 2. The molecule has 1 aliphatic carbocycles. The van der Waals surface area contributed by atoms with Crippen molar-refractivity contribution in [3.63, 3.8) is 0 Å². The zero-order valence-corrected chi connectivity index (χ0v) is 17.7. The Bertz CT molecular complexity index is 755. The third kappa shape index (κ3) is 4.93. The quantitative estimate of drug-likeness (QED) is 0.734. The number of hydrogen-bond donors (Lipinski definition) is 2. The molecule has 1 atom stereocenters. The minimum absolute atomic E-state index is 0.192. The normalized spacial score (nSPS) is 29.0. The maximum atomic E-state index is 12.1. The molecule has 29 heavy (non-hydrogen) atoms. The summed E-state index contributed by atoms with van der Waals surface area (Å²) in [6.45, 7) is 5.21. The molecule has 1 aromatic rings. The molecular formula is C22H31ClN4O2. The highest BCUT2D eigenvalue weighted by Gasteiger charge is 2.29. The minimum Gasteiger partial charge on any atom is -0.368 e. The second-order valence-electron chi connectivity index (χ2n) is 8.78. The summed E-state index contributed by atoms with van der Waals surface area (Å²) in [4.78, 5) is 28.4. The van der Waals surface area contributed by atoms with Crippen molar-refractivity contribution in [2.45, 2.75) is 50.5 Å². The number of imide groups is 1. The molecule has 0 radical (unpaired) electrons. The van der Waals surface area contributed by atoms with E-state index in [1.54, 1.807) is 0 Å². The second-order valence-corrected chi connectivity index (χ2v) is 9.19. The van der Waals surface area contributed by atoms with Crippen LogP contribution in [0.1, 0.15) is 50.0 Å². The van der Waals surface area contributed by atoms with E-state index in [0.29, 0.717) is 23.9 Å². The SMILES string of the molecule is NC1CCC(CN2CCN(c3ccc(C4CCC(=O)NC4=O)cc3Cl)CC2)CC1. The Morgan fingerprint density at radius 1 is 1.03 bits per heavy atom. The van der Waals surface area contributed by atoms with E-state index in [1.165, 1.54) is 32.2 Å². The first-order chi connectivity index (χ1) is 14.0. The number of amides is 2. The van der Waals surface area contributed by atoms with Gasteiger partial charge in [-0.05, 0) is 55.7 Å². The van der Waals surface area contributed by atoms with Crippen LogP contribution in [0.2, 0.25) is 5.02 Å². The number of carbonyl (C=O) groups excluding carboxylic acids is 2. The van der Waals surface area contributed by atoms with Crippen molar-refractivity contribution >= 4 is 29.1 Å². The van der Waals surface area contributed by atoms with Crippen molar-refractivity contribution < 1.29 is 9.59 Å². The Kier molecular flexibility index (Phi) is 6.42. The number of piperazine rings is 1. The van der Waals surface area contributed by atoms with Crippen LogP contribution >= 0.6 is 11.6 Å². The molecule has 3 fully saturated rings. The van der Waals surface area contributed by atoms with Gasteiger partial charge < -0.3 is 10.6 Å². The summed E-state index contributed by atoms with van der Waals surface area (Å²) in [7, 11) is 0. The lowest BCUT2D eigenvalue weighted by atomic mass is 9.86. The van der Waals surface area contributed by atoms with Crippen LogP contribution in [-0.2, 0) is 9.59 Å². The van der Waals surface area contributed by atoms with Gasteiger partial charge in [-0.2, -0.15) is 0 Å². The maximum absolute atomic E-state index is 12.1. The zero-order valence-electron chi connectivity index (χ0n) is 16.9. The van der Waals surface area contributed by atoms with Gasteiger partial charge in [-0.25, -0.2) is 0 Å². The topological polar surface area (TPSA) is 78.7 Å². The number of piperidine rings is 1. The van der Waals surface area contributed by atoms with Gasteiger partial charge in [0.15, 0.2) is 0 Å². The molecule has 2 amide bonds. The highest BCUT2D eigenvalue weighted by molar-refractivity contribution is 6.33. The first kappa shape index (κ1) is 20.6. The summed E-state index contributed by atoms with van der Waals surface area (Å²) < 4.78 is 0. The van der Waals surface area contributed by atoms with Gasteiger partial charge in [0.25, 0.3) is 0 Å². The standard InChI is InChI=1S/C22H31ClN4O2/c23-19-13-16(18-6-8-21(28)25-22(18)29)3-7-20(19)27-11-9-26(10-12-27)14-15-1-4-17(24)5-2-15/h3,7,13,15,17-18H,1-2,4-6,8-12,14,24H2,(H,25,28,29). The van der Waals surface area contributed by atoms with E-state index in [0.717, 1.165) is 43.3 Å². The molecule has 6 nitrogen and oxygen atoms in total. The molecule has 3 N–H and O–H groups in total. The zero-order chi connectivity index (χ0) is 20.4. The summed E-state index contributed by atoms with van der Waals surface area (Å²) in [5, 5.41) is 3.10. The summed E-state index contributed by atoms with van der Waals surface area (Å²) in [5.41, 5.74) is 7.95. The molecule has 2 heterocycles. The maximum Gasteiger partial charge on any atom is 0.234 e. The van der Waals surface area contributed by atoms with Crippen molar-refractivity contribution in [1.82, 2.24) is 10.2 Å². The Labute approximate surface area is 177 Å². The van der Waals surface area contributed by atoms with Crippen LogP contribution in [0.4, 0.5) is 5.69 Å². The summed E-state index contributed by atoms with van der Waals surface area (Å²) in [6, 6.07) is 6.32. The van der Waals surface area contributed by atoms with Crippen molar-refractivity contribution in [3.05, 3.63) is 28.8 Å². The van der Waals surface area contributed by atoms with E-state index in [9.17, 15) is 9.59 Å². The van der Waals surface area contributed by atoms with Crippen LogP contribution in [0.25, 0.3) is 0 Å². The molecule has 7 heteroatoms. The highest BCUT2D eigenvalue weighted by atomic mass is 35.5. The van der Waals surface area contributed by atoms with Crippen LogP contribution < -0.4 is 16.0 Å². The van der Waals surface area contributed by atoms with Crippen LogP contribution in [-0.4, -0.2) is 55.5 Å². The van der Waals surface area contributed by atoms with E-state index >= 15 is 0 Å². The molecule has 1 saturated carbocycles. The van der Waals surface area contributed by atoms with E-state index in [4.69, 9.17) is 17.3 Å². The van der Waals surface area contributed by atoms with Gasteiger partial charge in [-0.3, -0.25) is 19.8 Å². The lowest BCUT2D eigenvalue weighted by Crippen LogP contribution is -2.48. The number of anilines is 1. The summed E-state index contributed by atoms with van der Waals surface area (Å²) in [6.07, 6.45) is 5.78. The van der Waals surface area contributed by atoms with Gasteiger partial charge in [0.05, 0.1) is 16.6 Å². The number of benzene rings is 1. The molecule has 0 spiro atoms. The number of carbonyl (C=O) groups is 2. The molecule has 0 bridgehead atoms. The van der Waals surface area contributed by atoms with Crippen molar-refractivity contribution in [2.75, 3.05) is 37.6 Å². The van der Waals surface area contributed by atoms with Crippen molar-refractivity contribution in [3.8, 4) is 0 Å². The van der Waals surface area contributed by atoms with Crippen molar-refractivity contribution in [1.29, 1.82) is 0 Å². The molecule has 2 saturated heterocycles. The molecule has 4 rings (SSSR count). The fourth-order valence-electron chi connectivity index (χ4n) is 4.92. The molecule has 1 aromatic carbocycles. The number of rotatable bonds is 4. The number of nitrogens with two attached hydrogens (primary N) is 1. The predicted octanol–water partition coefficient (Wildman–Crippen LogP) is 2.50. The van der Waals surface area contributed by atoms with Gasteiger partial charge in [0.2, 0.25) is 11.8 Å². The van der Waals surface area contributed by atoms with E-state index < -0.39 is 0 Å². The molecule has 2 aliphatic heterocycles. The van der Waals surface area contributed by atoms with E-state index in [2.05, 4.69) is 15.1 Å². The summed E-state index contributed by atoms with van der Waals surface area (Å²) >= 11 is 6.60. The Hall–Kier alpha value is -1.63. The van der Waals surface area contributed by atoms with E-state index in [-0.39, 0.29) is 17.7 Å². The van der Waals surface area contributed by atoms with Crippen LogP contribution in [0, 0.1) is 5.92 Å². The summed E-state index contributed by atoms with van der Waals surface area (Å²) in [5.74, 6) is 0.0858. The third-order valence-corrected chi connectivity index (χ3v) is 7.04. The number of hydrogen-bond acceptors (Lipinski definition) is 5. The van der Waals surface area contributed by atoms with Gasteiger partial charge in [-0.1, -0.05) is 17.7 Å². The Balaban J connectivity index is 1.33. The highest BCUT2D eigenvalue weighted by Crippen LogP contribution is 2.33. The smallest absolute Gasteiger partial charge is 0.234 e. The van der Waals surface area contributed by atoms with Crippen molar-refractivity contribution in [2.24, 2.45) is 11.7 Å². The van der Waals surface area contributed by atoms with Gasteiger partial charge in [0.1, 0.15) is 0 Å². The number of nitrogens with one attached hydrogen (secondary N) is 1. The van der Waals surface area contributed by atoms with Gasteiger partial charge in [-0.15, -0.1) is 0 Å². The largest absolute Gasteiger partial charge is 0.368 e. The van der Waals surface area contributed by atoms with Crippen LogP contribution in [0.5, 0.6) is 0 Å². The predicted molar refractivity (Wildman–Crippen MR) is 115 cm³/mol. The molecule has 0 aromatic heterocycles. The first-order valence-corrected chi connectivity index (χ1v) is 11.2. The molecule has 158 valence electrons. The second kappa shape index (κ2) is 9.02. The lowest BCUT2D eigenvalue weighted by molar-refractivity contribution is -0.134. The number of halogens is 1. The fraction of sp³-hybridized carbons (Fsp3) is 0.636.